The summed E-state index contributed by atoms with van der Waals surface area (Å²) in [5.74, 6) is 0.688. The maximum Gasteiger partial charge on any atom is 0.144 e. The van der Waals surface area contributed by atoms with Crippen LogP contribution in [0.5, 0.6) is 5.75 Å². The summed E-state index contributed by atoms with van der Waals surface area (Å²) in [6, 6.07) is 5.54. The molecule has 4 N–H and O–H groups in total. The number of benzene rings is 1. The van der Waals surface area contributed by atoms with Crippen molar-refractivity contribution in [2.24, 2.45) is 0 Å². The minimum atomic E-state index is -0.744. The van der Waals surface area contributed by atoms with Gasteiger partial charge in [0.1, 0.15) is 5.75 Å². The first-order valence-electron chi connectivity index (χ1n) is 5.91. The molecule has 0 bridgehead atoms. The van der Waals surface area contributed by atoms with E-state index in [1.165, 1.54) is 0 Å². The van der Waals surface area contributed by atoms with E-state index in [0.717, 1.165) is 12.1 Å². The highest BCUT2D eigenvalue weighted by Gasteiger charge is 2.12. The minimum Gasteiger partial charge on any atom is -0.491 e. The van der Waals surface area contributed by atoms with Crippen LogP contribution < -0.4 is 15.8 Å². The van der Waals surface area contributed by atoms with Gasteiger partial charge in [-0.2, -0.15) is 0 Å². The normalized spacial score (nSPS) is 11.3. The molecule has 4 heteroatoms. The lowest BCUT2D eigenvalue weighted by Gasteiger charge is -2.19. The third-order valence-corrected chi connectivity index (χ3v) is 2.20. The van der Waals surface area contributed by atoms with Crippen molar-refractivity contribution in [3.63, 3.8) is 0 Å². The van der Waals surface area contributed by atoms with E-state index in [9.17, 15) is 5.11 Å². The van der Waals surface area contributed by atoms with Gasteiger partial charge in [-0.3, -0.25) is 0 Å². The second-order valence-corrected chi connectivity index (χ2v) is 4.77. The van der Waals surface area contributed by atoms with Crippen LogP contribution in [0.4, 0.5) is 11.4 Å². The molecule has 0 saturated heterocycles. The molecule has 0 radical (unpaired) electrons. The summed E-state index contributed by atoms with van der Waals surface area (Å²) in [4.78, 5) is 0. The summed E-state index contributed by atoms with van der Waals surface area (Å²) < 4.78 is 5.53. The minimum absolute atomic E-state index is 0.476. The van der Waals surface area contributed by atoms with E-state index in [-0.39, 0.29) is 0 Å². The van der Waals surface area contributed by atoms with Crippen LogP contribution in [0.2, 0.25) is 0 Å². The van der Waals surface area contributed by atoms with Gasteiger partial charge in [-0.1, -0.05) is 6.92 Å². The molecule has 0 saturated carbocycles. The zero-order valence-electron chi connectivity index (χ0n) is 10.8. The Morgan fingerprint density at radius 3 is 2.71 bits per heavy atom. The Balaban J connectivity index is 2.67. The molecule has 96 valence electrons. The number of hydrogen-bond acceptors (Lipinski definition) is 4. The van der Waals surface area contributed by atoms with Gasteiger partial charge in [0, 0.05) is 18.3 Å². The van der Waals surface area contributed by atoms with Crippen molar-refractivity contribution >= 4 is 11.4 Å². The second kappa shape index (κ2) is 5.77. The molecular weight excluding hydrogens is 216 g/mol. The lowest BCUT2D eigenvalue weighted by atomic mass is 10.1. The summed E-state index contributed by atoms with van der Waals surface area (Å²) in [6.45, 7) is 6.69. The fourth-order valence-electron chi connectivity index (χ4n) is 1.30. The number of nitrogens with one attached hydrogen (secondary N) is 1. The van der Waals surface area contributed by atoms with Gasteiger partial charge in [0.25, 0.3) is 0 Å². The lowest BCUT2D eigenvalue weighted by molar-refractivity contribution is 0.0945. The van der Waals surface area contributed by atoms with Crippen molar-refractivity contribution in [3.8, 4) is 5.75 Å². The molecule has 0 aromatic heterocycles. The molecule has 4 nitrogen and oxygen atoms in total. The van der Waals surface area contributed by atoms with Crippen LogP contribution in [-0.2, 0) is 0 Å². The first-order chi connectivity index (χ1) is 7.92. The molecule has 0 fully saturated rings. The molecule has 1 aromatic rings. The van der Waals surface area contributed by atoms with Gasteiger partial charge >= 0.3 is 0 Å². The summed E-state index contributed by atoms with van der Waals surface area (Å²) in [5, 5.41) is 12.8. The molecule has 0 aliphatic heterocycles. The van der Waals surface area contributed by atoms with Crippen molar-refractivity contribution in [2.75, 3.05) is 24.2 Å². The van der Waals surface area contributed by atoms with E-state index in [2.05, 4.69) is 5.32 Å². The Kier molecular flexibility index (Phi) is 4.63. The van der Waals surface area contributed by atoms with Gasteiger partial charge in [-0.15, -0.1) is 0 Å². The van der Waals surface area contributed by atoms with Gasteiger partial charge in [0.05, 0.1) is 17.9 Å². The predicted octanol–water partition coefficient (Wildman–Crippen LogP) is 2.24. The van der Waals surface area contributed by atoms with E-state index in [1.807, 2.05) is 19.1 Å². The maximum atomic E-state index is 9.63. The first-order valence-corrected chi connectivity index (χ1v) is 5.91. The number of nitrogens with two attached hydrogens (primary N) is 1. The lowest BCUT2D eigenvalue weighted by Crippen LogP contribution is -2.29. The van der Waals surface area contributed by atoms with Crippen LogP contribution >= 0.6 is 0 Å². The van der Waals surface area contributed by atoms with Crippen molar-refractivity contribution in [1.29, 1.82) is 0 Å². The molecule has 0 spiro atoms. The van der Waals surface area contributed by atoms with Crippen LogP contribution in [0, 0.1) is 0 Å². The van der Waals surface area contributed by atoms with E-state index in [0.29, 0.717) is 24.6 Å². The number of anilines is 2. The van der Waals surface area contributed by atoms with Crippen LogP contribution in [0.3, 0.4) is 0 Å². The molecule has 0 amide bonds. The molecule has 17 heavy (non-hydrogen) atoms. The number of aliphatic hydroxyl groups is 1. The molecule has 0 aliphatic rings. The van der Waals surface area contributed by atoms with Crippen molar-refractivity contribution in [3.05, 3.63) is 18.2 Å². The summed E-state index contributed by atoms with van der Waals surface area (Å²) in [5.41, 5.74) is 6.59. The Labute approximate surface area is 103 Å². The number of rotatable bonds is 6. The Hall–Kier alpha value is -1.42. The Morgan fingerprint density at radius 2 is 2.12 bits per heavy atom. The van der Waals surface area contributed by atoms with Gasteiger partial charge in [-0.05, 0) is 32.4 Å². The summed E-state index contributed by atoms with van der Waals surface area (Å²) >= 11 is 0. The van der Waals surface area contributed by atoms with Crippen LogP contribution in [0.15, 0.2) is 18.2 Å². The third-order valence-electron chi connectivity index (χ3n) is 2.20. The topological polar surface area (TPSA) is 67.5 Å². The Morgan fingerprint density at radius 1 is 1.41 bits per heavy atom. The molecule has 0 atom stereocenters. The highest BCUT2D eigenvalue weighted by atomic mass is 16.5. The third kappa shape index (κ3) is 4.95. The fourth-order valence-corrected chi connectivity index (χ4v) is 1.30. The van der Waals surface area contributed by atoms with Gasteiger partial charge in [0.15, 0.2) is 0 Å². The fraction of sp³-hybridized carbons (Fsp3) is 0.538. The monoisotopic (exact) mass is 238 g/mol. The maximum absolute atomic E-state index is 9.63. The zero-order valence-corrected chi connectivity index (χ0v) is 10.8. The summed E-state index contributed by atoms with van der Waals surface area (Å²) in [6.07, 6.45) is 0.945. The SMILES string of the molecule is CCCOc1cc(NCC(C)(C)O)ccc1N. The average molecular weight is 238 g/mol. The molecule has 0 unspecified atom stereocenters. The second-order valence-electron chi connectivity index (χ2n) is 4.77. The van der Waals surface area contributed by atoms with Crippen molar-refractivity contribution in [1.82, 2.24) is 0 Å². The molecule has 1 aromatic carbocycles. The summed E-state index contributed by atoms with van der Waals surface area (Å²) in [7, 11) is 0. The highest BCUT2D eigenvalue weighted by Crippen LogP contribution is 2.25. The standard InChI is InChI=1S/C13H22N2O2/c1-4-7-17-12-8-10(5-6-11(12)14)15-9-13(2,3)16/h5-6,8,15-16H,4,7,9,14H2,1-3H3. The number of ether oxygens (including phenoxy) is 1. The largest absolute Gasteiger partial charge is 0.491 e. The van der Waals surface area contributed by atoms with E-state index in [1.54, 1.807) is 19.9 Å². The van der Waals surface area contributed by atoms with E-state index in [4.69, 9.17) is 10.5 Å². The van der Waals surface area contributed by atoms with Crippen molar-refractivity contribution < 1.29 is 9.84 Å². The van der Waals surface area contributed by atoms with Crippen LogP contribution in [-0.4, -0.2) is 23.9 Å². The Bertz CT molecular complexity index is 359. The quantitative estimate of drug-likeness (QED) is 0.665. The van der Waals surface area contributed by atoms with Crippen molar-refractivity contribution in [2.45, 2.75) is 32.8 Å². The predicted molar refractivity (Wildman–Crippen MR) is 71.4 cm³/mol. The van der Waals surface area contributed by atoms with E-state index < -0.39 is 5.60 Å². The van der Waals surface area contributed by atoms with Crippen LogP contribution in [0.25, 0.3) is 0 Å². The van der Waals surface area contributed by atoms with Gasteiger partial charge in [0.2, 0.25) is 0 Å². The zero-order chi connectivity index (χ0) is 12.9. The first kappa shape index (κ1) is 13.6. The number of hydrogen-bond donors (Lipinski definition) is 3. The molecule has 0 aliphatic carbocycles. The van der Waals surface area contributed by atoms with E-state index >= 15 is 0 Å². The van der Waals surface area contributed by atoms with Gasteiger partial charge in [-0.25, -0.2) is 0 Å². The smallest absolute Gasteiger partial charge is 0.144 e. The number of nitrogen functional groups attached to an aromatic ring is 1. The van der Waals surface area contributed by atoms with Gasteiger partial charge < -0.3 is 20.9 Å². The molecular formula is C13H22N2O2. The van der Waals surface area contributed by atoms with Crippen LogP contribution in [0.1, 0.15) is 27.2 Å². The molecule has 0 heterocycles. The highest BCUT2D eigenvalue weighted by molar-refractivity contribution is 5.61. The average Bonchev–Trinajstić information content (AvgIpc) is 2.25. The molecule has 1 rings (SSSR count).